The molecule has 0 aliphatic carbocycles. The molecular formula is C14H17FN4O4S2. The number of nitrogens with zero attached hydrogens (tertiary/aromatic N) is 2. The lowest BCUT2D eigenvalue weighted by Crippen LogP contribution is -2.43. The minimum absolute atomic E-state index is 0.126. The van der Waals surface area contributed by atoms with Gasteiger partial charge in [-0.1, -0.05) is 18.3 Å². The van der Waals surface area contributed by atoms with E-state index in [2.05, 4.69) is 20.2 Å². The van der Waals surface area contributed by atoms with Crippen LogP contribution in [0.3, 0.4) is 0 Å². The van der Waals surface area contributed by atoms with Crippen molar-refractivity contribution in [2.45, 2.75) is 30.9 Å². The standard InChI is InChI=1S/C14H17FN4O4S2/c1-3-11(13(20)16-14-18-17-12(24-14)8-23-2)19-25(21,22)10-6-4-9(15)5-7-10/h4-7,11,19H,3,8H2,1-2H3,(H,16,18,20). The number of carbonyl (C=O) groups is 1. The number of sulfonamides is 1. The topological polar surface area (TPSA) is 110 Å². The van der Waals surface area contributed by atoms with Crippen LogP contribution in [0.25, 0.3) is 0 Å². The van der Waals surface area contributed by atoms with Crippen LogP contribution >= 0.6 is 11.3 Å². The Morgan fingerprint density at radius 2 is 2.00 bits per heavy atom. The highest BCUT2D eigenvalue weighted by Gasteiger charge is 2.25. The van der Waals surface area contributed by atoms with Crippen LogP contribution in [0.2, 0.25) is 0 Å². The number of benzene rings is 1. The molecule has 1 aromatic carbocycles. The van der Waals surface area contributed by atoms with Crippen LogP contribution in [0.15, 0.2) is 29.2 Å². The summed E-state index contributed by atoms with van der Waals surface area (Å²) in [6.07, 6.45) is 0.218. The maximum Gasteiger partial charge on any atom is 0.244 e. The molecule has 0 saturated heterocycles. The Balaban J connectivity index is 2.07. The zero-order valence-electron chi connectivity index (χ0n) is 13.5. The van der Waals surface area contributed by atoms with Crippen LogP contribution in [-0.4, -0.2) is 37.7 Å². The van der Waals surface area contributed by atoms with Crippen LogP contribution in [0.5, 0.6) is 0 Å². The van der Waals surface area contributed by atoms with E-state index in [9.17, 15) is 17.6 Å². The molecule has 1 amide bonds. The third-order valence-corrected chi connectivity index (χ3v) is 5.41. The van der Waals surface area contributed by atoms with E-state index in [-0.39, 0.29) is 23.1 Å². The van der Waals surface area contributed by atoms with Crippen molar-refractivity contribution >= 4 is 32.4 Å². The number of hydrogen-bond donors (Lipinski definition) is 2. The molecule has 0 aliphatic rings. The lowest BCUT2D eigenvalue weighted by Gasteiger charge is -2.16. The number of methoxy groups -OCH3 is 1. The average molecular weight is 388 g/mol. The molecule has 0 radical (unpaired) electrons. The van der Waals surface area contributed by atoms with Crippen molar-refractivity contribution in [3.8, 4) is 0 Å². The van der Waals surface area contributed by atoms with Crippen LogP contribution in [0.1, 0.15) is 18.4 Å². The molecule has 1 aromatic heterocycles. The van der Waals surface area contributed by atoms with E-state index >= 15 is 0 Å². The normalized spacial score (nSPS) is 12.8. The van der Waals surface area contributed by atoms with Gasteiger partial charge in [0.1, 0.15) is 23.5 Å². The molecule has 2 rings (SSSR count). The van der Waals surface area contributed by atoms with Gasteiger partial charge in [-0.3, -0.25) is 10.1 Å². The zero-order chi connectivity index (χ0) is 18.4. The van der Waals surface area contributed by atoms with E-state index in [1.54, 1.807) is 6.92 Å². The Hall–Kier alpha value is -1.95. The number of aromatic nitrogens is 2. The summed E-state index contributed by atoms with van der Waals surface area (Å²) in [5.74, 6) is -1.11. The number of ether oxygens (including phenoxy) is 1. The second-order valence-corrected chi connectivity index (χ2v) is 7.74. The number of amides is 1. The highest BCUT2D eigenvalue weighted by Crippen LogP contribution is 2.17. The van der Waals surface area contributed by atoms with Gasteiger partial charge in [-0.15, -0.1) is 10.2 Å². The number of anilines is 1. The molecule has 2 aromatic rings. The van der Waals surface area contributed by atoms with E-state index in [4.69, 9.17) is 4.74 Å². The summed E-state index contributed by atoms with van der Waals surface area (Å²) in [5.41, 5.74) is 0. The van der Waals surface area contributed by atoms with Crippen LogP contribution in [-0.2, 0) is 26.2 Å². The van der Waals surface area contributed by atoms with Crippen LogP contribution in [0, 0.1) is 5.82 Å². The summed E-state index contributed by atoms with van der Waals surface area (Å²) < 4.78 is 44.8. The number of hydrogen-bond acceptors (Lipinski definition) is 7. The SMILES string of the molecule is CCC(NS(=O)(=O)c1ccc(F)cc1)C(=O)Nc1nnc(COC)s1. The van der Waals surface area contributed by atoms with E-state index < -0.39 is 27.8 Å². The number of halogens is 1. The summed E-state index contributed by atoms with van der Waals surface area (Å²) >= 11 is 1.13. The molecule has 0 aliphatic heterocycles. The first kappa shape index (κ1) is 19.4. The molecule has 11 heteroatoms. The predicted octanol–water partition coefficient (Wildman–Crippen LogP) is 1.52. The zero-order valence-corrected chi connectivity index (χ0v) is 15.2. The molecule has 1 heterocycles. The third kappa shape index (κ3) is 5.26. The Kier molecular flexibility index (Phi) is 6.53. The van der Waals surface area contributed by atoms with Crippen molar-refractivity contribution in [2.75, 3.05) is 12.4 Å². The van der Waals surface area contributed by atoms with Crippen molar-refractivity contribution in [1.29, 1.82) is 0 Å². The molecule has 0 spiro atoms. The minimum atomic E-state index is -3.96. The number of carbonyl (C=O) groups excluding carboxylic acids is 1. The minimum Gasteiger partial charge on any atom is -0.377 e. The molecule has 25 heavy (non-hydrogen) atoms. The van der Waals surface area contributed by atoms with Crippen LogP contribution in [0.4, 0.5) is 9.52 Å². The van der Waals surface area contributed by atoms with Crippen molar-refractivity contribution in [3.63, 3.8) is 0 Å². The molecule has 2 N–H and O–H groups in total. The number of nitrogens with one attached hydrogen (secondary N) is 2. The average Bonchev–Trinajstić information content (AvgIpc) is 3.00. The van der Waals surface area contributed by atoms with E-state index in [1.165, 1.54) is 7.11 Å². The lowest BCUT2D eigenvalue weighted by atomic mass is 10.2. The second kappa shape index (κ2) is 8.43. The summed E-state index contributed by atoms with van der Waals surface area (Å²) in [6, 6.07) is 3.32. The van der Waals surface area contributed by atoms with E-state index in [1.807, 2.05) is 0 Å². The Bertz CT molecular complexity index is 824. The fraction of sp³-hybridized carbons (Fsp3) is 0.357. The van der Waals surface area contributed by atoms with E-state index in [0.717, 1.165) is 35.6 Å². The first-order valence-electron chi connectivity index (χ1n) is 7.25. The lowest BCUT2D eigenvalue weighted by molar-refractivity contribution is -0.117. The van der Waals surface area contributed by atoms with Crippen molar-refractivity contribution < 1.29 is 22.3 Å². The van der Waals surface area contributed by atoms with Gasteiger partial charge < -0.3 is 4.74 Å². The molecule has 136 valence electrons. The molecule has 1 unspecified atom stereocenters. The quantitative estimate of drug-likeness (QED) is 0.709. The smallest absolute Gasteiger partial charge is 0.244 e. The van der Waals surface area contributed by atoms with Crippen molar-refractivity contribution in [1.82, 2.24) is 14.9 Å². The summed E-state index contributed by atoms with van der Waals surface area (Å²) in [4.78, 5) is 12.2. The van der Waals surface area contributed by atoms with Gasteiger partial charge in [-0.25, -0.2) is 12.8 Å². The van der Waals surface area contributed by atoms with Gasteiger partial charge in [0.15, 0.2) is 0 Å². The first-order valence-corrected chi connectivity index (χ1v) is 9.55. The molecule has 1 atom stereocenters. The highest BCUT2D eigenvalue weighted by atomic mass is 32.2. The maximum absolute atomic E-state index is 12.9. The fourth-order valence-electron chi connectivity index (χ4n) is 1.87. The van der Waals surface area contributed by atoms with Crippen molar-refractivity contribution in [2.24, 2.45) is 0 Å². The van der Waals surface area contributed by atoms with Gasteiger partial charge in [0.05, 0.1) is 4.90 Å². The van der Waals surface area contributed by atoms with Gasteiger partial charge in [0, 0.05) is 7.11 Å². The summed E-state index contributed by atoms with van der Waals surface area (Å²) in [6.45, 7) is 1.93. The Morgan fingerprint density at radius 1 is 1.32 bits per heavy atom. The van der Waals surface area contributed by atoms with E-state index in [0.29, 0.717) is 5.01 Å². The Morgan fingerprint density at radius 3 is 2.60 bits per heavy atom. The molecule has 0 bridgehead atoms. The second-order valence-electron chi connectivity index (χ2n) is 4.96. The summed E-state index contributed by atoms with van der Waals surface area (Å²) in [5, 5.41) is 11.0. The third-order valence-electron chi connectivity index (χ3n) is 3.11. The maximum atomic E-state index is 12.9. The largest absolute Gasteiger partial charge is 0.377 e. The van der Waals surface area contributed by atoms with Gasteiger partial charge in [0.2, 0.25) is 21.1 Å². The molecule has 0 saturated carbocycles. The fourth-order valence-corrected chi connectivity index (χ4v) is 3.86. The number of rotatable bonds is 8. The van der Waals surface area contributed by atoms with Gasteiger partial charge in [-0.05, 0) is 30.7 Å². The molecule has 0 fully saturated rings. The van der Waals surface area contributed by atoms with Gasteiger partial charge in [0.25, 0.3) is 0 Å². The molecule has 8 nitrogen and oxygen atoms in total. The van der Waals surface area contributed by atoms with Gasteiger partial charge >= 0.3 is 0 Å². The molecular weight excluding hydrogens is 371 g/mol. The van der Waals surface area contributed by atoms with Crippen molar-refractivity contribution in [3.05, 3.63) is 35.1 Å². The Labute approximate surface area is 148 Å². The first-order chi connectivity index (χ1) is 11.9. The highest BCUT2D eigenvalue weighted by molar-refractivity contribution is 7.89. The summed E-state index contributed by atoms with van der Waals surface area (Å²) in [7, 11) is -2.45. The van der Waals surface area contributed by atoms with Gasteiger partial charge in [-0.2, -0.15) is 4.72 Å². The monoisotopic (exact) mass is 388 g/mol. The predicted molar refractivity (Wildman–Crippen MR) is 90.1 cm³/mol. The van der Waals surface area contributed by atoms with Crippen LogP contribution < -0.4 is 10.0 Å².